The minimum absolute atomic E-state index is 0.192. The summed E-state index contributed by atoms with van der Waals surface area (Å²) in [4.78, 5) is 21.4. The third-order valence-corrected chi connectivity index (χ3v) is 3.19. The Bertz CT molecular complexity index is 539. The maximum absolute atomic E-state index is 11.6. The van der Waals surface area contributed by atoms with E-state index in [2.05, 4.69) is 4.18 Å². The predicted octanol–water partition coefficient (Wildman–Crippen LogP) is -0.280. The van der Waals surface area contributed by atoms with Gasteiger partial charge in [0.1, 0.15) is 10.9 Å². The maximum Gasteiger partial charge on any atom is 0.341 e. The Hall–Kier alpha value is -1.93. The molecule has 0 heterocycles. The van der Waals surface area contributed by atoms with E-state index >= 15 is 0 Å². The van der Waals surface area contributed by atoms with E-state index in [1.807, 2.05) is 0 Å². The van der Waals surface area contributed by atoms with Crippen molar-refractivity contribution in [3.63, 3.8) is 0 Å². The van der Waals surface area contributed by atoms with Gasteiger partial charge in [-0.3, -0.25) is 9.59 Å². The van der Waals surface area contributed by atoms with E-state index in [1.54, 1.807) is 6.07 Å². The van der Waals surface area contributed by atoms with Crippen molar-refractivity contribution in [1.29, 1.82) is 0 Å². The van der Waals surface area contributed by atoms with Gasteiger partial charge >= 0.3 is 22.1 Å². The first-order chi connectivity index (χ1) is 8.33. The van der Waals surface area contributed by atoms with E-state index < -0.39 is 34.5 Å². The van der Waals surface area contributed by atoms with Gasteiger partial charge in [0.25, 0.3) is 0 Å². The van der Waals surface area contributed by atoms with E-state index in [0.717, 1.165) is 0 Å². The highest BCUT2D eigenvalue weighted by Gasteiger charge is 2.23. The molecular formula is C10H11NO6S. The molecule has 1 aromatic rings. The first-order valence-electron chi connectivity index (χ1n) is 4.83. The molecule has 0 saturated heterocycles. The number of nitrogens with two attached hydrogens (primary N) is 1. The Kier molecular flexibility index (Phi) is 4.40. The quantitative estimate of drug-likeness (QED) is 0.707. The third-order valence-electron chi connectivity index (χ3n) is 1.94. The van der Waals surface area contributed by atoms with Crippen molar-refractivity contribution < 1.29 is 27.3 Å². The Morgan fingerprint density at radius 2 is 1.83 bits per heavy atom. The summed E-state index contributed by atoms with van der Waals surface area (Å²) >= 11 is 0. The molecule has 0 amide bonds. The average Bonchev–Trinajstić information content (AvgIpc) is 2.29. The van der Waals surface area contributed by atoms with Crippen LogP contribution in [0, 0.1) is 0 Å². The van der Waals surface area contributed by atoms with E-state index in [1.165, 1.54) is 24.3 Å². The Balaban J connectivity index is 2.73. The molecule has 1 aromatic carbocycles. The smallest absolute Gasteiger partial charge is 0.341 e. The lowest BCUT2D eigenvalue weighted by Crippen LogP contribution is -2.33. The van der Waals surface area contributed by atoms with Crippen molar-refractivity contribution in [2.45, 2.75) is 17.4 Å². The van der Waals surface area contributed by atoms with E-state index in [0.29, 0.717) is 0 Å². The van der Waals surface area contributed by atoms with Gasteiger partial charge in [-0.2, -0.15) is 8.42 Å². The van der Waals surface area contributed by atoms with Gasteiger partial charge in [0.05, 0.1) is 6.42 Å². The van der Waals surface area contributed by atoms with Crippen LogP contribution in [0.25, 0.3) is 0 Å². The van der Waals surface area contributed by atoms with Crippen molar-refractivity contribution in [3.8, 4) is 0 Å². The highest BCUT2D eigenvalue weighted by molar-refractivity contribution is 7.87. The molecule has 0 aromatic heterocycles. The Labute approximate surface area is 103 Å². The van der Waals surface area contributed by atoms with Gasteiger partial charge in [-0.1, -0.05) is 18.2 Å². The van der Waals surface area contributed by atoms with Crippen LogP contribution in [-0.2, 0) is 23.9 Å². The summed E-state index contributed by atoms with van der Waals surface area (Å²) < 4.78 is 27.4. The van der Waals surface area contributed by atoms with Gasteiger partial charge in [0.15, 0.2) is 0 Å². The molecule has 0 aliphatic heterocycles. The molecule has 0 radical (unpaired) electrons. The number of hydrogen-bond donors (Lipinski definition) is 2. The Morgan fingerprint density at radius 1 is 1.28 bits per heavy atom. The van der Waals surface area contributed by atoms with Crippen LogP contribution in [0.1, 0.15) is 6.42 Å². The van der Waals surface area contributed by atoms with Gasteiger partial charge in [-0.25, -0.2) is 0 Å². The molecule has 0 aliphatic rings. The number of hydrogen-bond acceptors (Lipinski definition) is 6. The van der Waals surface area contributed by atoms with Crippen LogP contribution in [0.3, 0.4) is 0 Å². The van der Waals surface area contributed by atoms with Crippen LogP contribution in [0.2, 0.25) is 0 Å². The molecule has 0 aliphatic carbocycles. The normalized spacial score (nSPS) is 12.7. The summed E-state index contributed by atoms with van der Waals surface area (Å²) in [5.74, 6) is -2.63. The summed E-state index contributed by atoms with van der Waals surface area (Å²) in [6.45, 7) is 0. The van der Waals surface area contributed by atoms with Crippen LogP contribution >= 0.6 is 0 Å². The SMILES string of the molecule is N[C@@H](CC(=O)OS(=O)(=O)c1ccccc1)C(=O)O. The van der Waals surface area contributed by atoms with E-state index in [9.17, 15) is 18.0 Å². The van der Waals surface area contributed by atoms with Crippen molar-refractivity contribution in [2.24, 2.45) is 5.73 Å². The van der Waals surface area contributed by atoms with Gasteiger partial charge in [-0.15, -0.1) is 0 Å². The van der Waals surface area contributed by atoms with E-state index in [-0.39, 0.29) is 4.90 Å². The number of benzene rings is 1. The molecule has 1 atom stereocenters. The van der Waals surface area contributed by atoms with Crippen LogP contribution in [0.15, 0.2) is 35.2 Å². The van der Waals surface area contributed by atoms with Gasteiger partial charge < -0.3 is 15.0 Å². The molecule has 0 unspecified atom stereocenters. The molecular weight excluding hydrogens is 262 g/mol. The first-order valence-corrected chi connectivity index (χ1v) is 6.24. The fourth-order valence-electron chi connectivity index (χ4n) is 1.06. The molecule has 0 fully saturated rings. The van der Waals surface area contributed by atoms with Gasteiger partial charge in [0, 0.05) is 0 Å². The monoisotopic (exact) mass is 273 g/mol. The Morgan fingerprint density at radius 3 is 2.33 bits per heavy atom. The number of carbonyl (C=O) groups excluding carboxylic acids is 1. The molecule has 98 valence electrons. The largest absolute Gasteiger partial charge is 0.480 e. The first kappa shape index (κ1) is 14.1. The lowest BCUT2D eigenvalue weighted by atomic mass is 10.2. The fourth-order valence-corrected chi connectivity index (χ4v) is 1.96. The van der Waals surface area contributed by atoms with Crippen molar-refractivity contribution in [2.75, 3.05) is 0 Å². The zero-order valence-electron chi connectivity index (χ0n) is 9.15. The third kappa shape index (κ3) is 3.82. The predicted molar refractivity (Wildman–Crippen MR) is 59.9 cm³/mol. The molecule has 1 rings (SSSR count). The fraction of sp³-hybridized carbons (Fsp3) is 0.200. The second-order valence-corrected chi connectivity index (χ2v) is 4.92. The summed E-state index contributed by atoms with van der Waals surface area (Å²) in [6, 6.07) is 5.53. The van der Waals surface area contributed by atoms with Crippen LogP contribution in [0.4, 0.5) is 0 Å². The van der Waals surface area contributed by atoms with Gasteiger partial charge in [0.2, 0.25) is 0 Å². The summed E-state index contributed by atoms with van der Waals surface area (Å²) in [6.07, 6.45) is -0.721. The standard InChI is InChI=1S/C10H11NO6S/c11-8(10(13)14)6-9(12)17-18(15,16)7-4-2-1-3-5-7/h1-5,8H,6,11H2,(H,13,14)/t8-/m0/s1. The zero-order valence-corrected chi connectivity index (χ0v) is 9.96. The lowest BCUT2D eigenvalue weighted by molar-refractivity contribution is -0.143. The van der Waals surface area contributed by atoms with E-state index in [4.69, 9.17) is 10.8 Å². The second-order valence-electron chi connectivity index (χ2n) is 3.37. The zero-order chi connectivity index (χ0) is 13.8. The molecule has 3 N–H and O–H groups in total. The highest BCUT2D eigenvalue weighted by Crippen LogP contribution is 2.12. The van der Waals surface area contributed by atoms with Crippen molar-refractivity contribution >= 4 is 22.1 Å². The minimum Gasteiger partial charge on any atom is -0.480 e. The molecule has 0 bridgehead atoms. The number of rotatable bonds is 5. The summed E-state index contributed by atoms with van der Waals surface area (Å²) in [5.41, 5.74) is 5.08. The minimum atomic E-state index is -4.23. The van der Waals surface area contributed by atoms with Crippen LogP contribution < -0.4 is 5.73 Å². The van der Waals surface area contributed by atoms with Crippen LogP contribution in [-0.4, -0.2) is 31.5 Å². The number of carboxylic acid groups (broad SMARTS) is 1. The van der Waals surface area contributed by atoms with Crippen molar-refractivity contribution in [1.82, 2.24) is 0 Å². The lowest BCUT2D eigenvalue weighted by Gasteiger charge is -2.07. The van der Waals surface area contributed by atoms with Crippen LogP contribution in [0.5, 0.6) is 0 Å². The highest BCUT2D eigenvalue weighted by atomic mass is 32.2. The summed E-state index contributed by atoms with van der Waals surface area (Å²) in [7, 11) is -4.23. The van der Waals surface area contributed by atoms with Gasteiger partial charge in [-0.05, 0) is 12.1 Å². The topological polar surface area (TPSA) is 124 Å². The molecule has 0 spiro atoms. The molecule has 0 saturated carbocycles. The molecule has 8 heteroatoms. The molecule has 18 heavy (non-hydrogen) atoms. The number of carboxylic acids is 1. The number of aliphatic carboxylic acids is 1. The van der Waals surface area contributed by atoms with Crippen molar-refractivity contribution in [3.05, 3.63) is 30.3 Å². The average molecular weight is 273 g/mol. The maximum atomic E-state index is 11.6. The second kappa shape index (κ2) is 5.61. The molecule has 7 nitrogen and oxygen atoms in total. The number of carbonyl (C=O) groups is 2. The summed E-state index contributed by atoms with van der Waals surface area (Å²) in [5, 5.41) is 8.46.